The largest absolute Gasteiger partial charge is 0.306 e. The fraction of sp³-hybridized carbons (Fsp3) is 1.00. The zero-order valence-corrected chi connectivity index (χ0v) is 10.7. The number of nitrogens with zero attached hydrogens (tertiary/aromatic N) is 1. The molecule has 0 radical (unpaired) electrons. The van der Waals surface area contributed by atoms with Crippen molar-refractivity contribution in [2.75, 3.05) is 31.6 Å². The molecule has 0 rings (SSSR count). The van der Waals surface area contributed by atoms with Gasteiger partial charge in [-0.1, -0.05) is 29.8 Å². The lowest BCUT2D eigenvalue weighted by atomic mass is 10.3. The van der Waals surface area contributed by atoms with Gasteiger partial charge in [0.1, 0.15) is 0 Å². The summed E-state index contributed by atoms with van der Waals surface area (Å²) >= 11 is 5.57. The topological polar surface area (TPSA) is 3.24 Å². The Morgan fingerprint density at radius 3 is 2.58 bits per heavy atom. The van der Waals surface area contributed by atoms with Gasteiger partial charge in [-0.15, -0.1) is 0 Å². The van der Waals surface area contributed by atoms with E-state index >= 15 is 0 Å². The van der Waals surface area contributed by atoms with E-state index in [1.54, 1.807) is 0 Å². The first-order valence-electron chi connectivity index (χ1n) is 4.57. The third-order valence-corrected chi connectivity index (χ3v) is 3.07. The van der Waals surface area contributed by atoms with E-state index in [1.165, 1.54) is 31.0 Å². The van der Waals surface area contributed by atoms with Crippen LogP contribution in [-0.4, -0.2) is 41.4 Å². The minimum Gasteiger partial charge on any atom is -0.306 e. The number of halogens is 1. The van der Waals surface area contributed by atoms with Crippen LogP contribution in [0.5, 0.6) is 0 Å². The molecule has 1 unspecified atom stereocenters. The van der Waals surface area contributed by atoms with Crippen LogP contribution in [0.2, 0.25) is 0 Å². The fourth-order valence-corrected chi connectivity index (χ4v) is 1.81. The van der Waals surface area contributed by atoms with Crippen molar-refractivity contribution in [3.8, 4) is 0 Å². The van der Waals surface area contributed by atoms with Gasteiger partial charge in [0, 0.05) is 17.1 Å². The van der Waals surface area contributed by atoms with E-state index in [0.29, 0.717) is 4.83 Å². The molecule has 0 heterocycles. The van der Waals surface area contributed by atoms with Crippen molar-refractivity contribution < 1.29 is 0 Å². The first-order valence-corrected chi connectivity index (χ1v) is 6.64. The summed E-state index contributed by atoms with van der Waals surface area (Å²) in [5.41, 5.74) is 0. The predicted octanol–water partition coefficient (Wildman–Crippen LogP) is 2.84. The Morgan fingerprint density at radius 1 is 1.42 bits per heavy atom. The minimum atomic E-state index is 0.652. The van der Waals surface area contributed by atoms with Gasteiger partial charge in [-0.2, -0.15) is 11.8 Å². The lowest BCUT2D eigenvalue weighted by Gasteiger charge is -2.16. The quantitative estimate of drug-likeness (QED) is 0.507. The molecule has 12 heavy (non-hydrogen) atoms. The first kappa shape index (κ1) is 12.8. The second kappa shape index (κ2) is 8.39. The molecular formula is C9H20BrNS. The van der Waals surface area contributed by atoms with Gasteiger partial charge in [0.05, 0.1) is 0 Å². The summed E-state index contributed by atoms with van der Waals surface area (Å²) in [6.07, 6.45) is 1.24. The van der Waals surface area contributed by atoms with Gasteiger partial charge in [-0.05, 0) is 25.8 Å². The van der Waals surface area contributed by atoms with E-state index in [9.17, 15) is 0 Å². The molecule has 74 valence electrons. The van der Waals surface area contributed by atoms with Crippen molar-refractivity contribution >= 4 is 27.7 Å². The van der Waals surface area contributed by atoms with Gasteiger partial charge in [-0.25, -0.2) is 0 Å². The molecule has 0 aliphatic carbocycles. The van der Waals surface area contributed by atoms with Crippen LogP contribution in [-0.2, 0) is 0 Å². The van der Waals surface area contributed by atoms with Crippen LogP contribution in [0.1, 0.15) is 20.3 Å². The van der Waals surface area contributed by atoms with Crippen LogP contribution in [0.15, 0.2) is 0 Å². The van der Waals surface area contributed by atoms with Crippen molar-refractivity contribution in [2.24, 2.45) is 0 Å². The minimum absolute atomic E-state index is 0.652. The van der Waals surface area contributed by atoms with Crippen molar-refractivity contribution in [1.29, 1.82) is 0 Å². The lowest BCUT2D eigenvalue weighted by molar-refractivity contribution is 0.351. The second-order valence-electron chi connectivity index (χ2n) is 3.07. The molecule has 0 amide bonds. The number of alkyl halides is 1. The molecule has 0 aromatic heterocycles. The van der Waals surface area contributed by atoms with Crippen molar-refractivity contribution in [3.63, 3.8) is 0 Å². The molecule has 1 nitrogen and oxygen atoms in total. The van der Waals surface area contributed by atoms with Crippen LogP contribution in [0.4, 0.5) is 0 Å². The average molecular weight is 254 g/mol. The Hall–Kier alpha value is 0.790. The summed E-state index contributed by atoms with van der Waals surface area (Å²) in [6, 6.07) is 0. The van der Waals surface area contributed by atoms with Crippen molar-refractivity contribution in [3.05, 3.63) is 0 Å². The van der Waals surface area contributed by atoms with E-state index in [0.717, 1.165) is 0 Å². The highest BCUT2D eigenvalue weighted by Crippen LogP contribution is 2.04. The van der Waals surface area contributed by atoms with E-state index in [2.05, 4.69) is 41.7 Å². The van der Waals surface area contributed by atoms with Gasteiger partial charge < -0.3 is 4.90 Å². The van der Waals surface area contributed by atoms with E-state index in [-0.39, 0.29) is 0 Å². The number of hydrogen-bond donors (Lipinski definition) is 0. The van der Waals surface area contributed by atoms with Crippen molar-refractivity contribution in [2.45, 2.75) is 25.1 Å². The Morgan fingerprint density at radius 2 is 2.08 bits per heavy atom. The summed E-state index contributed by atoms with van der Waals surface area (Å²) in [4.78, 5) is 3.05. The van der Waals surface area contributed by atoms with Gasteiger partial charge in [0.2, 0.25) is 0 Å². The maximum absolute atomic E-state index is 3.55. The molecule has 0 saturated heterocycles. The second-order valence-corrected chi connectivity index (χ2v) is 6.03. The van der Waals surface area contributed by atoms with E-state index in [1.807, 2.05) is 11.8 Å². The molecule has 0 aromatic rings. The third-order valence-electron chi connectivity index (χ3n) is 1.73. The van der Waals surface area contributed by atoms with Gasteiger partial charge in [0.15, 0.2) is 0 Å². The number of hydrogen-bond acceptors (Lipinski definition) is 2. The SMILES string of the molecule is CCSCCN(C)CCC(C)Br. The van der Waals surface area contributed by atoms with Crippen LogP contribution >= 0.6 is 27.7 Å². The smallest absolute Gasteiger partial charge is 0.0129 e. The van der Waals surface area contributed by atoms with Gasteiger partial charge >= 0.3 is 0 Å². The Balaban J connectivity index is 3.15. The molecule has 1 atom stereocenters. The first-order chi connectivity index (χ1) is 5.66. The highest BCUT2D eigenvalue weighted by molar-refractivity contribution is 9.09. The van der Waals surface area contributed by atoms with Gasteiger partial charge in [0.25, 0.3) is 0 Å². The fourth-order valence-electron chi connectivity index (χ4n) is 0.875. The summed E-state index contributed by atoms with van der Waals surface area (Å²) in [7, 11) is 2.20. The summed E-state index contributed by atoms with van der Waals surface area (Å²) in [5, 5.41) is 0. The molecule has 0 aliphatic heterocycles. The molecular weight excluding hydrogens is 234 g/mol. The Labute approximate surface area is 89.4 Å². The maximum Gasteiger partial charge on any atom is 0.0129 e. The highest BCUT2D eigenvalue weighted by atomic mass is 79.9. The van der Waals surface area contributed by atoms with Crippen molar-refractivity contribution in [1.82, 2.24) is 4.90 Å². The highest BCUT2D eigenvalue weighted by Gasteiger charge is 2.00. The molecule has 0 aliphatic rings. The molecule has 0 spiro atoms. The van der Waals surface area contributed by atoms with E-state index < -0.39 is 0 Å². The van der Waals surface area contributed by atoms with E-state index in [4.69, 9.17) is 0 Å². The normalized spacial score (nSPS) is 13.8. The molecule has 0 bridgehead atoms. The zero-order chi connectivity index (χ0) is 9.40. The maximum atomic E-state index is 3.55. The van der Waals surface area contributed by atoms with Crippen LogP contribution in [0, 0.1) is 0 Å². The van der Waals surface area contributed by atoms with Gasteiger partial charge in [-0.3, -0.25) is 0 Å². The number of rotatable bonds is 7. The molecule has 0 saturated carbocycles. The van der Waals surface area contributed by atoms with Crippen LogP contribution in [0.3, 0.4) is 0 Å². The average Bonchev–Trinajstić information content (AvgIpc) is 2.01. The molecule has 0 fully saturated rings. The Bertz CT molecular complexity index is 98.5. The number of thioether (sulfide) groups is 1. The zero-order valence-electron chi connectivity index (χ0n) is 8.35. The monoisotopic (exact) mass is 253 g/mol. The summed E-state index contributed by atoms with van der Waals surface area (Å²) in [5.74, 6) is 2.51. The van der Waals surface area contributed by atoms with Crippen LogP contribution < -0.4 is 0 Å². The lowest BCUT2D eigenvalue weighted by Crippen LogP contribution is -2.23. The molecule has 0 N–H and O–H groups in total. The third kappa shape index (κ3) is 8.88. The summed E-state index contributed by atoms with van der Waals surface area (Å²) in [6.45, 7) is 6.84. The molecule has 0 aromatic carbocycles. The standard InChI is InChI=1S/C9H20BrNS/c1-4-12-8-7-11(3)6-5-9(2)10/h9H,4-8H2,1-3H3. The van der Waals surface area contributed by atoms with Crippen LogP contribution in [0.25, 0.3) is 0 Å². The molecule has 3 heteroatoms. The Kier molecular flexibility index (Phi) is 8.94. The predicted molar refractivity (Wildman–Crippen MR) is 63.5 cm³/mol. The summed E-state index contributed by atoms with van der Waals surface area (Å²) < 4.78 is 0.